The summed E-state index contributed by atoms with van der Waals surface area (Å²) in [5.74, 6) is 1.47. The molecular weight excluding hydrogens is 478 g/mol. The molecule has 0 saturated carbocycles. The van der Waals surface area contributed by atoms with E-state index in [4.69, 9.17) is 14.5 Å². The second kappa shape index (κ2) is 10.5. The Balaban J connectivity index is 1.25. The summed E-state index contributed by atoms with van der Waals surface area (Å²) < 4.78 is 12.2. The van der Waals surface area contributed by atoms with Gasteiger partial charge in [-0.1, -0.05) is 23.5 Å². The first-order chi connectivity index (χ1) is 17.6. The number of benzene rings is 2. The number of nitrogens with zero attached hydrogens (tertiary/aromatic N) is 5. The first-order valence-corrected chi connectivity index (χ1v) is 12.6. The predicted octanol–water partition coefficient (Wildman–Crippen LogP) is 3.18. The molecule has 1 aliphatic heterocycles. The fourth-order valence-electron chi connectivity index (χ4n) is 4.25. The Hall–Kier alpha value is -3.76. The average Bonchev–Trinajstić information content (AvgIpc) is 3.34. The normalized spacial score (nSPS) is 14.2. The molecule has 2 aromatic carbocycles. The van der Waals surface area contributed by atoms with Crippen LogP contribution in [-0.2, 0) is 6.54 Å². The largest absolute Gasteiger partial charge is 0.496 e. The van der Waals surface area contributed by atoms with Crippen LogP contribution in [-0.4, -0.2) is 70.2 Å². The van der Waals surface area contributed by atoms with E-state index >= 15 is 0 Å². The van der Waals surface area contributed by atoms with Gasteiger partial charge in [0, 0.05) is 44.4 Å². The van der Waals surface area contributed by atoms with Gasteiger partial charge < -0.3 is 14.4 Å². The van der Waals surface area contributed by atoms with Crippen molar-refractivity contribution in [3.8, 4) is 22.1 Å². The lowest BCUT2D eigenvalue weighted by Gasteiger charge is -2.34. The summed E-state index contributed by atoms with van der Waals surface area (Å²) in [5.41, 5.74) is 1.96. The van der Waals surface area contributed by atoms with Crippen LogP contribution in [0.1, 0.15) is 23.0 Å². The van der Waals surface area contributed by atoms with E-state index in [-0.39, 0.29) is 11.5 Å². The third-order valence-corrected chi connectivity index (χ3v) is 7.03. The van der Waals surface area contributed by atoms with E-state index in [2.05, 4.69) is 10.00 Å². The monoisotopic (exact) mass is 505 g/mol. The maximum atomic E-state index is 12.9. The van der Waals surface area contributed by atoms with Crippen LogP contribution in [0.25, 0.3) is 15.5 Å². The van der Waals surface area contributed by atoms with E-state index in [1.165, 1.54) is 21.9 Å². The molecule has 1 fully saturated rings. The molecule has 0 unspecified atom stereocenters. The number of hydrogen-bond donors (Lipinski definition) is 0. The predicted molar refractivity (Wildman–Crippen MR) is 138 cm³/mol. The molecule has 0 spiro atoms. The van der Waals surface area contributed by atoms with Gasteiger partial charge in [0.25, 0.3) is 11.5 Å². The van der Waals surface area contributed by atoms with Gasteiger partial charge in [-0.25, -0.2) is 4.98 Å². The van der Waals surface area contributed by atoms with Crippen LogP contribution in [0.3, 0.4) is 0 Å². The summed E-state index contributed by atoms with van der Waals surface area (Å²) in [4.78, 5) is 35.0. The summed E-state index contributed by atoms with van der Waals surface area (Å²) in [6, 6.07) is 16.4. The van der Waals surface area contributed by atoms with Crippen LogP contribution in [0.2, 0.25) is 0 Å². The Morgan fingerprint density at radius 1 is 1.06 bits per heavy atom. The maximum absolute atomic E-state index is 12.9. The molecule has 1 saturated heterocycles. The molecule has 10 heteroatoms. The van der Waals surface area contributed by atoms with E-state index in [0.29, 0.717) is 66.3 Å². The van der Waals surface area contributed by atoms with E-state index in [1.54, 1.807) is 19.2 Å². The minimum Gasteiger partial charge on any atom is -0.496 e. The summed E-state index contributed by atoms with van der Waals surface area (Å²) in [6.45, 7) is 5.71. The third-order valence-electron chi connectivity index (χ3n) is 6.09. The number of rotatable bonds is 7. The summed E-state index contributed by atoms with van der Waals surface area (Å²) in [7, 11) is 1.61. The zero-order valence-electron chi connectivity index (χ0n) is 20.2. The average molecular weight is 506 g/mol. The zero-order chi connectivity index (χ0) is 25.1. The Morgan fingerprint density at radius 2 is 1.81 bits per heavy atom. The van der Waals surface area contributed by atoms with Crippen molar-refractivity contribution in [1.29, 1.82) is 0 Å². The number of methoxy groups -OCH3 is 1. The van der Waals surface area contributed by atoms with E-state index in [0.717, 1.165) is 11.3 Å². The SMILES string of the molecule is CCOc1ccc(C(=O)N2CCN(Cc3cc(=O)n4nc(-c5ccccc5OC)sc4n3)CC2)cc1. The molecule has 0 N–H and O–H groups in total. The number of carbonyl (C=O) groups is 1. The highest BCUT2D eigenvalue weighted by Crippen LogP contribution is 2.32. The van der Waals surface area contributed by atoms with Crippen molar-refractivity contribution >= 4 is 22.2 Å². The van der Waals surface area contributed by atoms with E-state index < -0.39 is 0 Å². The molecule has 1 aliphatic rings. The number of fused-ring (bicyclic) bond motifs is 1. The van der Waals surface area contributed by atoms with Gasteiger partial charge in [0.05, 0.1) is 25.0 Å². The Labute approximate surface area is 212 Å². The molecule has 0 atom stereocenters. The van der Waals surface area contributed by atoms with Crippen LogP contribution in [0.4, 0.5) is 0 Å². The molecule has 4 aromatic rings. The number of hydrogen-bond acceptors (Lipinski definition) is 8. The van der Waals surface area contributed by atoms with Crippen molar-refractivity contribution in [2.75, 3.05) is 39.9 Å². The molecule has 2 aromatic heterocycles. The molecule has 5 rings (SSSR count). The molecular formula is C26H27N5O4S. The second-order valence-electron chi connectivity index (χ2n) is 8.41. The summed E-state index contributed by atoms with van der Waals surface area (Å²) in [5, 5.41) is 5.14. The highest BCUT2D eigenvalue weighted by Gasteiger charge is 2.23. The highest BCUT2D eigenvalue weighted by molar-refractivity contribution is 7.19. The van der Waals surface area contributed by atoms with Gasteiger partial charge in [-0.3, -0.25) is 14.5 Å². The second-order valence-corrected chi connectivity index (χ2v) is 9.37. The third kappa shape index (κ3) is 4.95. The lowest BCUT2D eigenvalue weighted by molar-refractivity contribution is 0.0627. The molecule has 0 bridgehead atoms. The van der Waals surface area contributed by atoms with Crippen molar-refractivity contribution < 1.29 is 14.3 Å². The Kier molecular flexibility index (Phi) is 6.97. The standard InChI is InChI=1S/C26H27N5O4S/c1-3-35-20-10-8-18(9-11-20)25(33)30-14-12-29(13-15-30)17-19-16-23(32)31-26(27-19)36-24(28-31)21-6-4-5-7-22(21)34-2/h4-11,16H,3,12-15,17H2,1-2H3. The molecule has 0 radical (unpaired) electrons. The van der Waals surface area contributed by atoms with Gasteiger partial charge in [-0.2, -0.15) is 9.61 Å². The lowest BCUT2D eigenvalue weighted by atomic mass is 10.1. The number of carbonyl (C=O) groups excluding carboxylic acids is 1. The van der Waals surface area contributed by atoms with Gasteiger partial charge in [0.1, 0.15) is 11.5 Å². The topological polar surface area (TPSA) is 89.3 Å². The number of aromatic nitrogens is 3. The molecule has 186 valence electrons. The molecule has 0 aliphatic carbocycles. The minimum absolute atomic E-state index is 0.0176. The molecule has 9 nitrogen and oxygen atoms in total. The van der Waals surface area contributed by atoms with Crippen LogP contribution >= 0.6 is 11.3 Å². The smallest absolute Gasteiger partial charge is 0.275 e. The van der Waals surface area contributed by atoms with E-state index in [9.17, 15) is 9.59 Å². The fourth-order valence-corrected chi connectivity index (χ4v) is 5.20. The van der Waals surface area contributed by atoms with Crippen LogP contribution in [0.15, 0.2) is 59.4 Å². The van der Waals surface area contributed by atoms with Gasteiger partial charge in [0.2, 0.25) is 4.96 Å². The minimum atomic E-state index is -0.211. The van der Waals surface area contributed by atoms with Crippen LogP contribution in [0.5, 0.6) is 11.5 Å². The lowest BCUT2D eigenvalue weighted by Crippen LogP contribution is -2.48. The van der Waals surface area contributed by atoms with Crippen molar-refractivity contribution in [2.45, 2.75) is 13.5 Å². The first-order valence-electron chi connectivity index (χ1n) is 11.8. The van der Waals surface area contributed by atoms with Gasteiger partial charge in [-0.15, -0.1) is 0 Å². The summed E-state index contributed by atoms with van der Waals surface area (Å²) in [6.07, 6.45) is 0. The van der Waals surface area contributed by atoms with Gasteiger partial charge in [-0.05, 0) is 43.3 Å². The number of ether oxygens (including phenoxy) is 2. The number of amides is 1. The maximum Gasteiger partial charge on any atom is 0.275 e. The molecule has 1 amide bonds. The number of piperazine rings is 1. The van der Waals surface area contributed by atoms with Crippen LogP contribution in [0, 0.1) is 0 Å². The van der Waals surface area contributed by atoms with Crippen molar-refractivity contribution in [1.82, 2.24) is 24.4 Å². The van der Waals surface area contributed by atoms with Crippen molar-refractivity contribution in [2.24, 2.45) is 0 Å². The molecule has 36 heavy (non-hydrogen) atoms. The van der Waals surface area contributed by atoms with Crippen molar-refractivity contribution in [3.05, 3.63) is 76.2 Å². The van der Waals surface area contributed by atoms with Gasteiger partial charge >= 0.3 is 0 Å². The first kappa shape index (κ1) is 24.0. The van der Waals surface area contributed by atoms with E-state index in [1.807, 2.05) is 48.2 Å². The van der Waals surface area contributed by atoms with Crippen molar-refractivity contribution in [3.63, 3.8) is 0 Å². The quantitative estimate of drug-likeness (QED) is 0.381. The summed E-state index contributed by atoms with van der Waals surface area (Å²) >= 11 is 1.36. The van der Waals surface area contributed by atoms with Crippen LogP contribution < -0.4 is 15.0 Å². The zero-order valence-corrected chi connectivity index (χ0v) is 21.0. The fraction of sp³-hybridized carbons (Fsp3) is 0.308. The Morgan fingerprint density at radius 3 is 2.53 bits per heavy atom. The highest BCUT2D eigenvalue weighted by atomic mass is 32.1. The van der Waals surface area contributed by atoms with Gasteiger partial charge in [0.15, 0.2) is 5.01 Å². The Bertz CT molecular complexity index is 1420. The number of para-hydroxylation sites is 1. The molecule has 3 heterocycles.